The molecule has 1 atom stereocenters. The van der Waals surface area contributed by atoms with Crippen LogP contribution in [0.4, 0.5) is 0 Å². The fourth-order valence-corrected chi connectivity index (χ4v) is 11.0. The fraction of sp³-hybridized carbons (Fsp3) is 0.0392. The SMILES string of the molecule is c1ccc(C2Cc3ccccc3-c3c2n2c4c(cccc34)B3c4c-2cc(-c2ncccn2)cc4-n2c4c3cccc4c3c4cccnc4n(-c4ccccc4)c32)cc1. The molecule has 7 heteroatoms. The van der Waals surface area contributed by atoms with E-state index in [0.717, 1.165) is 40.0 Å². The van der Waals surface area contributed by atoms with Gasteiger partial charge in [0.25, 0.3) is 6.71 Å². The van der Waals surface area contributed by atoms with Gasteiger partial charge in [-0.1, -0.05) is 109 Å². The normalized spacial score (nSPS) is 14.6. The van der Waals surface area contributed by atoms with E-state index in [1.54, 1.807) is 0 Å². The molecule has 0 radical (unpaired) electrons. The smallest absolute Gasteiger partial charge is 0.252 e. The summed E-state index contributed by atoms with van der Waals surface area (Å²) in [4.78, 5) is 14.8. The van der Waals surface area contributed by atoms with E-state index < -0.39 is 0 Å². The van der Waals surface area contributed by atoms with Crippen molar-refractivity contribution in [3.63, 3.8) is 0 Å². The third kappa shape index (κ3) is 3.76. The zero-order valence-electron chi connectivity index (χ0n) is 31.2. The second kappa shape index (κ2) is 11.1. The number of fused-ring (bicyclic) bond motifs is 14. The predicted octanol–water partition coefficient (Wildman–Crippen LogP) is 9.02. The van der Waals surface area contributed by atoms with Crippen molar-refractivity contribution in [3.8, 4) is 39.6 Å². The van der Waals surface area contributed by atoms with Crippen LogP contribution >= 0.6 is 0 Å². The van der Waals surface area contributed by atoms with Crippen molar-refractivity contribution in [2.75, 3.05) is 0 Å². The highest BCUT2D eigenvalue weighted by Crippen LogP contribution is 2.50. The van der Waals surface area contributed by atoms with Crippen molar-refractivity contribution in [3.05, 3.63) is 187 Å². The monoisotopic (exact) mass is 738 g/mol. The first-order valence-electron chi connectivity index (χ1n) is 20.1. The van der Waals surface area contributed by atoms with Crippen LogP contribution in [0, 0.1) is 0 Å². The lowest BCUT2D eigenvalue weighted by atomic mass is 9.34. The molecule has 0 spiro atoms. The second-order valence-electron chi connectivity index (χ2n) is 15.9. The number of para-hydroxylation sites is 3. The molecular formula is C51H31BN6. The van der Waals surface area contributed by atoms with Crippen LogP contribution in [0.2, 0.25) is 0 Å². The van der Waals surface area contributed by atoms with E-state index in [4.69, 9.17) is 15.0 Å². The van der Waals surface area contributed by atoms with Crippen LogP contribution in [0.3, 0.4) is 0 Å². The molecule has 6 aromatic carbocycles. The molecule has 2 aliphatic heterocycles. The average molecular weight is 739 g/mol. The van der Waals surface area contributed by atoms with Crippen LogP contribution in [-0.2, 0) is 6.42 Å². The Bertz CT molecular complexity index is 3550. The molecule has 268 valence electrons. The van der Waals surface area contributed by atoms with Crippen LogP contribution in [0.25, 0.3) is 83.4 Å². The fourth-order valence-electron chi connectivity index (χ4n) is 11.0. The summed E-state index contributed by atoms with van der Waals surface area (Å²) in [6.07, 6.45) is 6.54. The van der Waals surface area contributed by atoms with Gasteiger partial charge in [-0.15, -0.1) is 0 Å². The number of benzene rings is 6. The Morgan fingerprint density at radius 3 is 2.03 bits per heavy atom. The Morgan fingerprint density at radius 2 is 1.22 bits per heavy atom. The minimum Gasteiger partial charge on any atom is -0.313 e. The molecule has 14 rings (SSSR count). The maximum Gasteiger partial charge on any atom is 0.252 e. The Morgan fingerprint density at radius 1 is 0.552 bits per heavy atom. The van der Waals surface area contributed by atoms with Crippen LogP contribution in [0.1, 0.15) is 22.7 Å². The summed E-state index contributed by atoms with van der Waals surface area (Å²) < 4.78 is 7.55. The maximum absolute atomic E-state index is 5.05. The summed E-state index contributed by atoms with van der Waals surface area (Å²) >= 11 is 0. The molecule has 1 unspecified atom stereocenters. The lowest BCUT2D eigenvalue weighted by Gasteiger charge is -2.35. The average Bonchev–Trinajstić information content (AvgIpc) is 3.94. The van der Waals surface area contributed by atoms with Gasteiger partial charge in [-0.05, 0) is 82.0 Å². The van der Waals surface area contributed by atoms with E-state index in [1.807, 2.05) is 24.7 Å². The Kier molecular flexibility index (Phi) is 5.86. The van der Waals surface area contributed by atoms with Gasteiger partial charge >= 0.3 is 0 Å². The van der Waals surface area contributed by atoms with E-state index in [0.29, 0.717) is 5.82 Å². The standard InChI is InChI=1S/C51H31BN6/c1-3-13-30(14-4-1)38-27-31-15-7-8-18-34(31)43-35-19-9-22-39-46(35)57(48(38)43)41-28-32(49-53-25-12-26-54-49)29-42-45(41)52(39)40-23-10-20-36-44-37-21-11-24-55-50(37)56(33-16-5-2-6-17-33)51(44)58(42)47(36)40/h1-26,28-29,38H,27H2. The molecule has 5 aromatic heterocycles. The van der Waals surface area contributed by atoms with Gasteiger partial charge in [0, 0.05) is 85.5 Å². The van der Waals surface area contributed by atoms with Crippen LogP contribution in [-0.4, -0.2) is 35.4 Å². The minimum atomic E-state index is 0.0125. The number of hydrogen-bond acceptors (Lipinski definition) is 3. The van der Waals surface area contributed by atoms with Gasteiger partial charge in [0.1, 0.15) is 11.3 Å². The van der Waals surface area contributed by atoms with E-state index >= 15 is 0 Å². The highest BCUT2D eigenvalue weighted by atomic mass is 15.2. The zero-order chi connectivity index (χ0) is 37.6. The number of pyridine rings is 1. The predicted molar refractivity (Wildman–Crippen MR) is 235 cm³/mol. The molecule has 0 N–H and O–H groups in total. The molecule has 7 heterocycles. The van der Waals surface area contributed by atoms with Crippen molar-refractivity contribution in [2.45, 2.75) is 12.3 Å². The van der Waals surface area contributed by atoms with Gasteiger partial charge in [-0.25, -0.2) is 15.0 Å². The van der Waals surface area contributed by atoms with E-state index in [1.165, 1.54) is 77.2 Å². The maximum atomic E-state index is 5.05. The Hall–Kier alpha value is -7.51. The minimum absolute atomic E-state index is 0.0125. The van der Waals surface area contributed by atoms with Crippen LogP contribution < -0.4 is 16.4 Å². The first kappa shape index (κ1) is 30.7. The van der Waals surface area contributed by atoms with Crippen molar-refractivity contribution in [1.82, 2.24) is 28.7 Å². The van der Waals surface area contributed by atoms with E-state index in [-0.39, 0.29) is 12.6 Å². The number of aromatic nitrogens is 6. The van der Waals surface area contributed by atoms with Crippen LogP contribution in [0.5, 0.6) is 0 Å². The largest absolute Gasteiger partial charge is 0.313 e. The Balaban J connectivity index is 1.21. The topological polar surface area (TPSA) is 53.5 Å². The van der Waals surface area contributed by atoms with Crippen LogP contribution in [0.15, 0.2) is 170 Å². The lowest BCUT2D eigenvalue weighted by Crippen LogP contribution is -2.59. The van der Waals surface area contributed by atoms with Gasteiger partial charge in [0.2, 0.25) is 0 Å². The van der Waals surface area contributed by atoms with E-state index in [9.17, 15) is 0 Å². The molecule has 11 aromatic rings. The highest BCUT2D eigenvalue weighted by Gasteiger charge is 2.44. The second-order valence-corrected chi connectivity index (χ2v) is 15.9. The van der Waals surface area contributed by atoms with Gasteiger partial charge < -0.3 is 4.57 Å². The summed E-state index contributed by atoms with van der Waals surface area (Å²) in [5.74, 6) is 0.866. The van der Waals surface area contributed by atoms with Gasteiger partial charge in [-0.3, -0.25) is 9.13 Å². The highest BCUT2D eigenvalue weighted by molar-refractivity contribution is 7.00. The quantitative estimate of drug-likeness (QED) is 0.170. The Labute approximate surface area is 333 Å². The molecule has 0 saturated heterocycles. The molecule has 1 aliphatic carbocycles. The summed E-state index contributed by atoms with van der Waals surface area (Å²) in [6, 6.07) is 55.8. The molecule has 6 nitrogen and oxygen atoms in total. The van der Waals surface area contributed by atoms with Crippen molar-refractivity contribution < 1.29 is 0 Å². The number of nitrogens with zero attached hydrogens (tertiary/aromatic N) is 6. The summed E-state index contributed by atoms with van der Waals surface area (Å²) in [6.45, 7) is 0.0125. The summed E-state index contributed by atoms with van der Waals surface area (Å²) in [5.41, 5.74) is 19.7. The first-order valence-corrected chi connectivity index (χ1v) is 20.1. The van der Waals surface area contributed by atoms with E-state index in [2.05, 4.69) is 159 Å². The third-order valence-corrected chi connectivity index (χ3v) is 13.1. The number of rotatable bonds is 3. The zero-order valence-corrected chi connectivity index (χ0v) is 31.2. The summed E-state index contributed by atoms with van der Waals surface area (Å²) in [5, 5.41) is 4.90. The van der Waals surface area contributed by atoms with Gasteiger partial charge in [-0.2, -0.15) is 0 Å². The van der Waals surface area contributed by atoms with Crippen molar-refractivity contribution in [2.24, 2.45) is 0 Å². The number of hydrogen-bond donors (Lipinski definition) is 0. The molecule has 0 bridgehead atoms. The summed E-state index contributed by atoms with van der Waals surface area (Å²) in [7, 11) is 0. The lowest BCUT2D eigenvalue weighted by molar-refractivity contribution is 0.746. The molecular weight excluding hydrogens is 707 g/mol. The third-order valence-electron chi connectivity index (χ3n) is 13.1. The van der Waals surface area contributed by atoms with Gasteiger partial charge in [0.15, 0.2) is 5.82 Å². The van der Waals surface area contributed by atoms with Crippen molar-refractivity contribution in [1.29, 1.82) is 0 Å². The molecule has 0 fully saturated rings. The van der Waals surface area contributed by atoms with Gasteiger partial charge in [0.05, 0.1) is 5.52 Å². The molecule has 0 saturated carbocycles. The first-order chi connectivity index (χ1) is 28.8. The molecule has 3 aliphatic rings. The van der Waals surface area contributed by atoms with Crippen molar-refractivity contribution >= 4 is 67.0 Å². The molecule has 0 amide bonds. The molecule has 58 heavy (non-hydrogen) atoms.